The Labute approximate surface area is 170 Å². The van der Waals surface area contributed by atoms with E-state index in [0.29, 0.717) is 16.8 Å². The van der Waals surface area contributed by atoms with Gasteiger partial charge in [-0.25, -0.2) is 13.6 Å². The van der Waals surface area contributed by atoms with Gasteiger partial charge in [-0.2, -0.15) is 0 Å². The zero-order valence-electron chi connectivity index (χ0n) is 15.6. The molecule has 3 rings (SSSR count). The molecule has 0 amide bonds. The number of sulfonamides is 1. The highest BCUT2D eigenvalue weighted by Crippen LogP contribution is 2.27. The van der Waals surface area contributed by atoms with E-state index in [4.69, 9.17) is 5.14 Å². The maximum absolute atomic E-state index is 12.9. The van der Waals surface area contributed by atoms with Gasteiger partial charge in [-0.15, -0.1) is 12.4 Å². The molecule has 0 aliphatic heterocycles. The van der Waals surface area contributed by atoms with Gasteiger partial charge in [-0.1, -0.05) is 36.4 Å². The summed E-state index contributed by atoms with van der Waals surface area (Å²) in [5, 5.41) is 4.54. The molecular formula is C20H22ClN3O3S. The van der Waals surface area contributed by atoms with E-state index >= 15 is 0 Å². The molecule has 0 fully saturated rings. The Balaban J connectivity index is 0.00000280. The number of ketones is 1. The Morgan fingerprint density at radius 3 is 2.43 bits per heavy atom. The maximum atomic E-state index is 12.9. The number of benzene rings is 1. The van der Waals surface area contributed by atoms with Crippen LogP contribution in [0, 0.1) is 6.92 Å². The largest absolute Gasteiger partial charge is 0.345 e. The lowest BCUT2D eigenvalue weighted by Gasteiger charge is -2.16. The first kappa shape index (κ1) is 21.8. The Bertz CT molecular complexity index is 1060. The van der Waals surface area contributed by atoms with Crippen molar-refractivity contribution in [3.05, 3.63) is 89.0 Å². The van der Waals surface area contributed by atoms with Crippen molar-refractivity contribution in [1.29, 1.82) is 0 Å². The molecule has 1 aromatic carbocycles. The molecule has 3 aromatic rings. The molecule has 8 heteroatoms. The summed E-state index contributed by atoms with van der Waals surface area (Å²) < 4.78 is 26.1. The van der Waals surface area contributed by atoms with Crippen LogP contribution in [0.5, 0.6) is 0 Å². The van der Waals surface area contributed by atoms with Crippen LogP contribution >= 0.6 is 12.4 Å². The number of nitrogens with zero attached hydrogens (tertiary/aromatic N) is 2. The number of halogens is 1. The zero-order valence-corrected chi connectivity index (χ0v) is 17.2. The number of aromatic nitrogens is 2. The Kier molecular flexibility index (Phi) is 6.77. The van der Waals surface area contributed by atoms with Crippen LogP contribution in [0.3, 0.4) is 0 Å². The van der Waals surface area contributed by atoms with Gasteiger partial charge in [-0.3, -0.25) is 9.78 Å². The zero-order chi connectivity index (χ0) is 19.6. The number of carbonyl (C=O) groups is 1. The highest BCUT2D eigenvalue weighted by molar-refractivity contribution is 7.89. The average Bonchev–Trinajstić information content (AvgIpc) is 2.93. The second kappa shape index (κ2) is 8.68. The summed E-state index contributed by atoms with van der Waals surface area (Å²) in [4.78, 5) is 16.9. The van der Waals surface area contributed by atoms with E-state index in [1.54, 1.807) is 42.1 Å². The fourth-order valence-corrected chi connectivity index (χ4v) is 4.18. The maximum Gasteiger partial charge on any atom is 0.216 e. The third-order valence-corrected chi connectivity index (χ3v) is 5.85. The molecule has 148 valence electrons. The fourth-order valence-electron chi connectivity index (χ4n) is 3.26. The van der Waals surface area contributed by atoms with Gasteiger partial charge >= 0.3 is 0 Å². The highest BCUT2D eigenvalue weighted by Gasteiger charge is 2.27. The number of carbonyl (C=O) groups excluding carboxylic acids is 1. The number of hydrogen-bond donors (Lipinski definition) is 1. The average molecular weight is 420 g/mol. The summed E-state index contributed by atoms with van der Waals surface area (Å²) in [6, 6.07) is 14.2. The number of nitrogens with two attached hydrogens (primary N) is 1. The lowest BCUT2D eigenvalue weighted by Crippen LogP contribution is -2.24. The first-order chi connectivity index (χ1) is 12.8. The van der Waals surface area contributed by atoms with Crippen molar-refractivity contribution < 1.29 is 13.2 Å². The summed E-state index contributed by atoms with van der Waals surface area (Å²) in [6.45, 7) is 1.84. The molecule has 0 aliphatic carbocycles. The standard InChI is InChI=1S/C20H21N3O3S.ClH/c1-14-11-17(12-18(27(21,25)26)16-9-6-10-22-13-16)23(2)19(14)20(24)15-7-4-3-5-8-15;/h3-11,13,18H,12H2,1-2H3,(H2,21,25,26);1H. The van der Waals surface area contributed by atoms with Crippen LogP contribution in [0.25, 0.3) is 0 Å². The van der Waals surface area contributed by atoms with Crippen molar-refractivity contribution in [2.75, 3.05) is 0 Å². The quantitative estimate of drug-likeness (QED) is 0.621. The molecule has 0 radical (unpaired) electrons. The van der Waals surface area contributed by atoms with Gasteiger partial charge in [-0.05, 0) is 30.2 Å². The molecule has 0 saturated carbocycles. The Hall–Kier alpha value is -2.48. The topological polar surface area (TPSA) is 95.0 Å². The van der Waals surface area contributed by atoms with E-state index in [0.717, 1.165) is 11.3 Å². The summed E-state index contributed by atoms with van der Waals surface area (Å²) in [7, 11) is -2.08. The number of primary sulfonamides is 1. The first-order valence-corrected chi connectivity index (χ1v) is 10.1. The summed E-state index contributed by atoms with van der Waals surface area (Å²) in [5.41, 5.74) is 3.16. The van der Waals surface area contributed by atoms with Gasteiger partial charge in [0.25, 0.3) is 0 Å². The first-order valence-electron chi connectivity index (χ1n) is 8.45. The molecule has 6 nitrogen and oxygen atoms in total. The minimum Gasteiger partial charge on any atom is -0.345 e. The van der Waals surface area contributed by atoms with Crippen molar-refractivity contribution >= 4 is 28.2 Å². The van der Waals surface area contributed by atoms with Crippen molar-refractivity contribution in [1.82, 2.24) is 9.55 Å². The third kappa shape index (κ3) is 4.49. The van der Waals surface area contributed by atoms with E-state index in [1.165, 1.54) is 6.20 Å². The predicted octanol–water partition coefficient (Wildman–Crippen LogP) is 2.95. The lowest BCUT2D eigenvalue weighted by molar-refractivity contribution is 0.103. The Morgan fingerprint density at radius 1 is 1.18 bits per heavy atom. The molecule has 1 atom stereocenters. The summed E-state index contributed by atoms with van der Waals surface area (Å²) in [5.74, 6) is -0.101. The number of hydrogen-bond acceptors (Lipinski definition) is 4. The van der Waals surface area contributed by atoms with Crippen LogP contribution in [-0.4, -0.2) is 23.8 Å². The van der Waals surface area contributed by atoms with Gasteiger partial charge in [0.05, 0.1) is 5.69 Å². The minimum absolute atomic E-state index is 0. The Morgan fingerprint density at radius 2 is 1.86 bits per heavy atom. The second-order valence-corrected chi connectivity index (χ2v) is 8.24. The number of rotatable bonds is 6. The summed E-state index contributed by atoms with van der Waals surface area (Å²) >= 11 is 0. The highest BCUT2D eigenvalue weighted by atomic mass is 35.5. The lowest BCUT2D eigenvalue weighted by atomic mass is 10.1. The van der Waals surface area contributed by atoms with E-state index < -0.39 is 15.3 Å². The SMILES string of the molecule is Cc1cc(CC(c2cccnc2)S(N)(=O)=O)n(C)c1C(=O)c1ccccc1.Cl. The molecule has 2 aromatic heterocycles. The van der Waals surface area contributed by atoms with Gasteiger partial charge in [0.1, 0.15) is 5.25 Å². The van der Waals surface area contributed by atoms with Gasteiger partial charge < -0.3 is 4.57 Å². The minimum atomic E-state index is -3.85. The molecule has 0 spiro atoms. The van der Waals surface area contributed by atoms with Crippen LogP contribution in [0.2, 0.25) is 0 Å². The third-order valence-electron chi connectivity index (χ3n) is 4.62. The van der Waals surface area contributed by atoms with Crippen molar-refractivity contribution in [2.24, 2.45) is 12.2 Å². The van der Waals surface area contributed by atoms with Crippen LogP contribution in [0.15, 0.2) is 60.9 Å². The molecule has 0 aliphatic rings. The fraction of sp³-hybridized carbons (Fsp3) is 0.200. The van der Waals surface area contributed by atoms with Gasteiger partial charge in [0.15, 0.2) is 0 Å². The van der Waals surface area contributed by atoms with Gasteiger partial charge in [0.2, 0.25) is 15.8 Å². The van der Waals surface area contributed by atoms with E-state index in [2.05, 4.69) is 4.98 Å². The van der Waals surface area contributed by atoms with Crippen molar-refractivity contribution in [2.45, 2.75) is 18.6 Å². The number of pyridine rings is 1. The predicted molar refractivity (Wildman–Crippen MR) is 111 cm³/mol. The van der Waals surface area contributed by atoms with Crippen LogP contribution < -0.4 is 5.14 Å². The molecule has 2 N–H and O–H groups in total. The van der Waals surface area contributed by atoms with Gasteiger partial charge in [0, 0.05) is 37.1 Å². The van der Waals surface area contributed by atoms with Crippen molar-refractivity contribution in [3.8, 4) is 0 Å². The summed E-state index contributed by atoms with van der Waals surface area (Å²) in [6.07, 6.45) is 3.23. The molecule has 2 heterocycles. The van der Waals surface area contributed by atoms with E-state index in [9.17, 15) is 13.2 Å². The van der Waals surface area contributed by atoms with Crippen molar-refractivity contribution in [3.63, 3.8) is 0 Å². The second-order valence-electron chi connectivity index (χ2n) is 6.49. The molecule has 0 saturated heterocycles. The monoisotopic (exact) mass is 419 g/mol. The van der Waals surface area contributed by atoms with E-state index in [1.807, 2.05) is 31.2 Å². The molecular weight excluding hydrogens is 398 g/mol. The molecule has 1 unspecified atom stereocenters. The molecule has 28 heavy (non-hydrogen) atoms. The van der Waals surface area contributed by atoms with Crippen LogP contribution in [-0.2, 0) is 23.5 Å². The van der Waals surface area contributed by atoms with E-state index in [-0.39, 0.29) is 24.6 Å². The number of aryl methyl sites for hydroxylation is 1. The smallest absolute Gasteiger partial charge is 0.216 e. The molecule has 0 bridgehead atoms. The van der Waals surface area contributed by atoms with Crippen LogP contribution in [0.4, 0.5) is 0 Å². The normalized spacial score (nSPS) is 12.2. The van der Waals surface area contributed by atoms with Crippen LogP contribution in [0.1, 0.15) is 38.1 Å².